The van der Waals surface area contributed by atoms with Crippen molar-refractivity contribution in [3.63, 3.8) is 0 Å². The first-order valence-electron chi connectivity index (χ1n) is 7.95. The Kier molecular flexibility index (Phi) is 4.89. The lowest BCUT2D eigenvalue weighted by molar-refractivity contribution is -0.115. The van der Waals surface area contributed by atoms with Gasteiger partial charge >= 0.3 is 0 Å². The van der Waals surface area contributed by atoms with Gasteiger partial charge in [0.15, 0.2) is 5.58 Å². The van der Waals surface area contributed by atoms with Crippen molar-refractivity contribution < 1.29 is 9.21 Å². The number of carbonyl (C=O) groups is 1. The van der Waals surface area contributed by atoms with Crippen molar-refractivity contribution in [3.8, 4) is 0 Å². The molecule has 0 spiro atoms. The number of fused-ring (bicyclic) bond motifs is 1. The number of hydrogen-bond acceptors (Lipinski definition) is 5. The quantitative estimate of drug-likeness (QED) is 0.681. The topological polar surface area (TPSA) is 73.0 Å². The second kappa shape index (κ2) is 7.09. The molecule has 1 amide bonds. The van der Waals surface area contributed by atoms with Crippen molar-refractivity contribution in [2.24, 2.45) is 0 Å². The molecule has 0 fully saturated rings. The molecule has 2 aromatic heterocycles. The summed E-state index contributed by atoms with van der Waals surface area (Å²) in [5.74, 6) is 0.603. The zero-order chi connectivity index (χ0) is 17.1. The van der Waals surface area contributed by atoms with Gasteiger partial charge in [0.1, 0.15) is 11.3 Å². The average molecular weight is 344 g/mol. The summed E-state index contributed by atoms with van der Waals surface area (Å²) in [5.41, 5.74) is 1.52. The molecule has 0 bridgehead atoms. The van der Waals surface area contributed by atoms with Gasteiger partial charge in [-0.1, -0.05) is 30.8 Å². The maximum atomic E-state index is 12.5. The summed E-state index contributed by atoms with van der Waals surface area (Å²) in [5, 5.41) is 7.37. The number of carbonyl (C=O) groups excluding carboxylic acids is 1. The van der Waals surface area contributed by atoms with Gasteiger partial charge in [-0.3, -0.25) is 4.79 Å². The largest absolute Gasteiger partial charge is 0.431 e. The van der Waals surface area contributed by atoms with Crippen LogP contribution in [0.15, 0.2) is 46.2 Å². The number of anilines is 1. The fraction of sp³-hybridized carbons (Fsp3) is 0.353. The van der Waals surface area contributed by atoms with Gasteiger partial charge in [0.2, 0.25) is 5.91 Å². The number of para-hydroxylation sites is 2. The minimum absolute atomic E-state index is 0.104. The minimum Gasteiger partial charge on any atom is -0.431 e. The number of aromatic nitrogens is 3. The first-order valence-corrected chi connectivity index (χ1v) is 8.83. The van der Waals surface area contributed by atoms with Crippen LogP contribution in [-0.4, -0.2) is 25.9 Å². The molecule has 0 saturated heterocycles. The Hall–Kier alpha value is -2.28. The van der Waals surface area contributed by atoms with Gasteiger partial charge in [-0.25, -0.2) is 9.67 Å². The number of benzene rings is 1. The van der Waals surface area contributed by atoms with E-state index in [1.54, 1.807) is 12.3 Å². The van der Waals surface area contributed by atoms with Gasteiger partial charge in [-0.2, -0.15) is 5.10 Å². The number of amides is 1. The monoisotopic (exact) mass is 344 g/mol. The summed E-state index contributed by atoms with van der Waals surface area (Å²) in [7, 11) is 0. The fourth-order valence-electron chi connectivity index (χ4n) is 2.27. The van der Waals surface area contributed by atoms with E-state index in [-0.39, 0.29) is 17.2 Å². The highest BCUT2D eigenvalue weighted by Crippen LogP contribution is 2.27. The molecule has 6 nitrogen and oxygen atoms in total. The molecule has 0 aliphatic rings. The van der Waals surface area contributed by atoms with Crippen LogP contribution < -0.4 is 5.32 Å². The molecule has 2 atom stereocenters. The van der Waals surface area contributed by atoms with Gasteiger partial charge in [-0.15, -0.1) is 0 Å². The number of thioether (sulfide) groups is 1. The van der Waals surface area contributed by atoms with E-state index < -0.39 is 0 Å². The Morgan fingerprint density at radius 1 is 1.33 bits per heavy atom. The molecule has 0 unspecified atom stereocenters. The van der Waals surface area contributed by atoms with E-state index in [1.807, 2.05) is 35.9 Å². The second-order valence-corrected chi connectivity index (χ2v) is 6.91. The molecular formula is C17H20N4O2S. The molecule has 0 radical (unpaired) electrons. The molecule has 24 heavy (non-hydrogen) atoms. The number of oxazole rings is 1. The molecule has 3 rings (SSSR count). The summed E-state index contributed by atoms with van der Waals surface area (Å²) in [6, 6.07) is 9.59. The van der Waals surface area contributed by atoms with Crippen molar-refractivity contribution in [1.29, 1.82) is 0 Å². The highest BCUT2D eigenvalue weighted by Gasteiger charge is 2.20. The van der Waals surface area contributed by atoms with Crippen molar-refractivity contribution >= 4 is 34.6 Å². The zero-order valence-corrected chi connectivity index (χ0v) is 14.7. The van der Waals surface area contributed by atoms with E-state index in [4.69, 9.17) is 4.42 Å². The lowest BCUT2D eigenvalue weighted by Gasteiger charge is -2.15. The van der Waals surface area contributed by atoms with Crippen molar-refractivity contribution in [2.45, 2.75) is 43.7 Å². The van der Waals surface area contributed by atoms with Gasteiger partial charge in [0.05, 0.1) is 17.5 Å². The number of nitrogens with one attached hydrogen (secondary N) is 1. The number of rotatable bonds is 6. The highest BCUT2D eigenvalue weighted by atomic mass is 32.2. The normalized spacial score (nSPS) is 13.8. The fourth-order valence-corrected chi connectivity index (χ4v) is 3.03. The first kappa shape index (κ1) is 16.6. The predicted molar refractivity (Wildman–Crippen MR) is 95.2 cm³/mol. The number of hydrogen-bond donors (Lipinski definition) is 1. The lowest BCUT2D eigenvalue weighted by Crippen LogP contribution is -2.24. The molecular weight excluding hydrogens is 324 g/mol. The Labute approximate surface area is 144 Å². The second-order valence-electron chi connectivity index (χ2n) is 5.62. The van der Waals surface area contributed by atoms with Crippen LogP contribution in [0.2, 0.25) is 0 Å². The number of nitrogens with zero attached hydrogens (tertiary/aromatic N) is 3. The van der Waals surface area contributed by atoms with Gasteiger partial charge < -0.3 is 9.73 Å². The zero-order valence-electron chi connectivity index (χ0n) is 13.9. The molecule has 7 heteroatoms. The van der Waals surface area contributed by atoms with Crippen LogP contribution in [0.25, 0.3) is 11.1 Å². The maximum Gasteiger partial charge on any atom is 0.257 e. The molecule has 126 valence electrons. The molecule has 0 aliphatic heterocycles. The van der Waals surface area contributed by atoms with Crippen LogP contribution in [0.1, 0.15) is 33.2 Å². The summed E-state index contributed by atoms with van der Waals surface area (Å²) in [6.07, 6.45) is 2.64. The minimum atomic E-state index is -0.335. The Morgan fingerprint density at radius 3 is 2.88 bits per heavy atom. The Balaban J connectivity index is 1.67. The van der Waals surface area contributed by atoms with Crippen molar-refractivity contribution in [3.05, 3.63) is 36.5 Å². The van der Waals surface area contributed by atoms with Crippen molar-refractivity contribution in [1.82, 2.24) is 14.8 Å². The smallest absolute Gasteiger partial charge is 0.257 e. The molecule has 2 heterocycles. The summed E-state index contributed by atoms with van der Waals surface area (Å²) in [6.45, 7) is 5.99. The SMILES string of the molecule is CC[C@@H](C)n1nccc1NC(=O)[C@H](C)Sc1nc2ccccc2o1. The van der Waals surface area contributed by atoms with Crippen LogP contribution in [0.5, 0.6) is 0 Å². The maximum absolute atomic E-state index is 12.5. The van der Waals surface area contributed by atoms with Crippen molar-refractivity contribution in [2.75, 3.05) is 5.32 Å². The third-order valence-electron chi connectivity index (χ3n) is 3.85. The molecule has 0 aliphatic carbocycles. The van der Waals surface area contributed by atoms with Gasteiger partial charge in [0.25, 0.3) is 5.22 Å². The van der Waals surface area contributed by atoms with E-state index in [0.717, 1.165) is 17.5 Å². The highest BCUT2D eigenvalue weighted by molar-refractivity contribution is 8.00. The van der Waals surface area contributed by atoms with Crippen LogP contribution in [0, 0.1) is 0 Å². The van der Waals surface area contributed by atoms with Crippen LogP contribution in [0.3, 0.4) is 0 Å². The van der Waals surface area contributed by atoms with Gasteiger partial charge in [0, 0.05) is 6.07 Å². The van der Waals surface area contributed by atoms with Gasteiger partial charge in [-0.05, 0) is 32.4 Å². The third kappa shape index (κ3) is 3.46. The Bertz CT molecular complexity index is 809. The van der Waals surface area contributed by atoms with Crippen LogP contribution >= 0.6 is 11.8 Å². The average Bonchev–Trinajstić information content (AvgIpc) is 3.19. The van der Waals surface area contributed by atoms with E-state index in [9.17, 15) is 4.79 Å². The summed E-state index contributed by atoms with van der Waals surface area (Å²) in [4.78, 5) is 16.8. The Morgan fingerprint density at radius 2 is 2.12 bits per heavy atom. The molecule has 3 aromatic rings. The van der Waals surface area contributed by atoms with E-state index >= 15 is 0 Å². The summed E-state index contributed by atoms with van der Waals surface area (Å²) >= 11 is 1.30. The lowest BCUT2D eigenvalue weighted by atomic mass is 10.3. The van der Waals surface area contributed by atoms with E-state index in [0.29, 0.717) is 11.0 Å². The molecule has 1 N–H and O–H groups in total. The van der Waals surface area contributed by atoms with E-state index in [1.165, 1.54) is 11.8 Å². The predicted octanol–water partition coefficient (Wildman–Crippen LogP) is 4.11. The molecule has 0 saturated carbocycles. The summed E-state index contributed by atoms with van der Waals surface area (Å²) < 4.78 is 7.49. The molecule has 1 aromatic carbocycles. The van der Waals surface area contributed by atoms with E-state index in [2.05, 4.69) is 29.2 Å². The first-order chi connectivity index (χ1) is 11.6. The van der Waals surface area contributed by atoms with Crippen LogP contribution in [-0.2, 0) is 4.79 Å². The standard InChI is InChI=1S/C17H20N4O2S/c1-4-11(2)21-15(9-10-18-21)20-16(22)12(3)24-17-19-13-7-5-6-8-14(13)23-17/h5-12H,4H2,1-3H3,(H,20,22)/t11-,12+/m1/s1. The van der Waals surface area contributed by atoms with Crippen LogP contribution in [0.4, 0.5) is 5.82 Å². The third-order valence-corrected chi connectivity index (χ3v) is 4.79.